The Morgan fingerprint density at radius 3 is 2.26 bits per heavy atom. The number of hydrogen-bond donors (Lipinski definition) is 2. The van der Waals surface area contributed by atoms with E-state index in [2.05, 4.69) is 15.5 Å². The lowest BCUT2D eigenvalue weighted by molar-refractivity contribution is -0.119. The molecule has 34 heavy (non-hydrogen) atoms. The van der Waals surface area contributed by atoms with Gasteiger partial charge in [0.25, 0.3) is 5.91 Å². The molecule has 0 spiro atoms. The summed E-state index contributed by atoms with van der Waals surface area (Å²) < 4.78 is 0. The molecule has 1 unspecified atom stereocenters. The number of benzene rings is 2. The van der Waals surface area contributed by atoms with Gasteiger partial charge < -0.3 is 20.4 Å². The lowest BCUT2D eigenvalue weighted by atomic mass is 10.1. The first-order valence-corrected chi connectivity index (χ1v) is 12.3. The maximum Gasteiger partial charge on any atom is 0.251 e. The third-order valence-corrected chi connectivity index (χ3v) is 6.59. The minimum Gasteiger partial charge on any atom is -0.347 e. The second-order valence-corrected chi connectivity index (χ2v) is 9.42. The van der Waals surface area contributed by atoms with Gasteiger partial charge in [-0.1, -0.05) is 11.6 Å². The number of amides is 3. The Hall–Kier alpha value is -2.90. The molecule has 7 nitrogen and oxygen atoms in total. The van der Waals surface area contributed by atoms with Crippen molar-refractivity contribution < 1.29 is 14.4 Å². The SMILES string of the molecule is O=C(CC(CN1CCCC1)NC(=O)c1ccc(N2CCCCC2=O)cc1)Nc1ccc(Cl)cc1. The van der Waals surface area contributed by atoms with Crippen molar-refractivity contribution >= 4 is 40.7 Å². The maximum atomic E-state index is 13.0. The van der Waals surface area contributed by atoms with E-state index in [1.807, 2.05) is 12.1 Å². The monoisotopic (exact) mass is 482 g/mol. The number of rotatable bonds is 8. The van der Waals surface area contributed by atoms with Gasteiger partial charge in [0.2, 0.25) is 11.8 Å². The number of likely N-dealkylation sites (tertiary alicyclic amines) is 1. The highest BCUT2D eigenvalue weighted by Crippen LogP contribution is 2.21. The molecule has 2 aliphatic heterocycles. The second-order valence-electron chi connectivity index (χ2n) is 8.99. The molecule has 2 aliphatic rings. The first kappa shape index (κ1) is 24.2. The molecule has 2 saturated heterocycles. The first-order chi connectivity index (χ1) is 16.5. The summed E-state index contributed by atoms with van der Waals surface area (Å²) in [6.45, 7) is 3.29. The van der Waals surface area contributed by atoms with E-state index in [4.69, 9.17) is 11.6 Å². The van der Waals surface area contributed by atoms with Crippen LogP contribution in [0.2, 0.25) is 5.02 Å². The van der Waals surface area contributed by atoms with Gasteiger partial charge in [-0.3, -0.25) is 14.4 Å². The number of piperidine rings is 1. The van der Waals surface area contributed by atoms with Crippen LogP contribution in [0.15, 0.2) is 48.5 Å². The molecular weight excluding hydrogens is 452 g/mol. The molecule has 2 heterocycles. The summed E-state index contributed by atoms with van der Waals surface area (Å²) in [4.78, 5) is 41.9. The third-order valence-electron chi connectivity index (χ3n) is 6.34. The second kappa shape index (κ2) is 11.5. The predicted molar refractivity (Wildman–Crippen MR) is 134 cm³/mol. The van der Waals surface area contributed by atoms with E-state index in [9.17, 15) is 14.4 Å². The van der Waals surface area contributed by atoms with Crippen LogP contribution in [0.1, 0.15) is 48.9 Å². The van der Waals surface area contributed by atoms with Gasteiger partial charge in [-0.15, -0.1) is 0 Å². The van der Waals surface area contributed by atoms with E-state index >= 15 is 0 Å². The van der Waals surface area contributed by atoms with Crippen LogP contribution in [-0.4, -0.2) is 54.8 Å². The van der Waals surface area contributed by atoms with Gasteiger partial charge >= 0.3 is 0 Å². The molecule has 2 N–H and O–H groups in total. The van der Waals surface area contributed by atoms with Crippen molar-refractivity contribution in [3.8, 4) is 0 Å². The highest BCUT2D eigenvalue weighted by atomic mass is 35.5. The normalized spacial score (nSPS) is 17.4. The van der Waals surface area contributed by atoms with Crippen LogP contribution in [0, 0.1) is 0 Å². The average molecular weight is 483 g/mol. The Bertz CT molecular complexity index is 1000. The van der Waals surface area contributed by atoms with Crippen molar-refractivity contribution in [1.29, 1.82) is 0 Å². The molecule has 8 heteroatoms. The van der Waals surface area contributed by atoms with Crippen molar-refractivity contribution in [3.63, 3.8) is 0 Å². The van der Waals surface area contributed by atoms with Crippen LogP contribution < -0.4 is 15.5 Å². The fraction of sp³-hybridized carbons (Fsp3) is 0.423. The zero-order valence-electron chi connectivity index (χ0n) is 19.3. The van der Waals surface area contributed by atoms with Gasteiger partial charge in [0.05, 0.1) is 6.04 Å². The summed E-state index contributed by atoms with van der Waals surface area (Å²) in [5, 5.41) is 6.54. The first-order valence-electron chi connectivity index (χ1n) is 12.0. The van der Waals surface area contributed by atoms with Crippen LogP contribution in [0.3, 0.4) is 0 Å². The largest absolute Gasteiger partial charge is 0.347 e. The van der Waals surface area contributed by atoms with E-state index in [1.165, 1.54) is 0 Å². The molecule has 1 atom stereocenters. The topological polar surface area (TPSA) is 81.8 Å². The Morgan fingerprint density at radius 2 is 1.59 bits per heavy atom. The molecule has 0 radical (unpaired) electrons. The van der Waals surface area contributed by atoms with Gasteiger partial charge in [0.15, 0.2) is 0 Å². The number of halogens is 1. The maximum absolute atomic E-state index is 13.0. The number of nitrogens with zero attached hydrogens (tertiary/aromatic N) is 2. The zero-order chi connectivity index (χ0) is 23.9. The van der Waals surface area contributed by atoms with Gasteiger partial charge in [0.1, 0.15) is 0 Å². The van der Waals surface area contributed by atoms with E-state index in [-0.39, 0.29) is 30.2 Å². The molecular formula is C26H31ClN4O3. The summed E-state index contributed by atoms with van der Waals surface area (Å²) >= 11 is 5.92. The molecule has 2 aromatic rings. The highest BCUT2D eigenvalue weighted by molar-refractivity contribution is 6.30. The van der Waals surface area contributed by atoms with Crippen LogP contribution in [0.5, 0.6) is 0 Å². The van der Waals surface area contributed by atoms with E-state index in [0.29, 0.717) is 35.8 Å². The summed E-state index contributed by atoms with van der Waals surface area (Å²) in [5.74, 6) is -0.258. The molecule has 0 bridgehead atoms. The fourth-order valence-corrected chi connectivity index (χ4v) is 4.67. The summed E-state index contributed by atoms with van der Waals surface area (Å²) in [6.07, 6.45) is 4.93. The Labute approximate surface area is 205 Å². The molecule has 180 valence electrons. The number of anilines is 2. The minimum absolute atomic E-state index is 0.126. The van der Waals surface area contributed by atoms with Gasteiger partial charge in [-0.05, 0) is 87.3 Å². The molecule has 2 aromatic carbocycles. The van der Waals surface area contributed by atoms with Gasteiger partial charge in [0, 0.05) is 47.9 Å². The highest BCUT2D eigenvalue weighted by Gasteiger charge is 2.23. The van der Waals surface area contributed by atoms with Gasteiger partial charge in [-0.25, -0.2) is 0 Å². The number of nitrogens with one attached hydrogen (secondary N) is 2. The molecule has 4 rings (SSSR count). The molecule has 3 amide bonds. The van der Waals surface area contributed by atoms with Crippen LogP contribution >= 0.6 is 11.6 Å². The predicted octanol–water partition coefficient (Wildman–Crippen LogP) is 4.08. The van der Waals surface area contributed by atoms with Crippen molar-refractivity contribution in [2.75, 3.05) is 36.4 Å². The van der Waals surface area contributed by atoms with Crippen molar-refractivity contribution in [1.82, 2.24) is 10.2 Å². The minimum atomic E-state index is -0.318. The Kier molecular flexibility index (Phi) is 8.19. The van der Waals surface area contributed by atoms with E-state index in [1.54, 1.807) is 41.3 Å². The molecule has 0 saturated carbocycles. The Balaban J connectivity index is 1.39. The fourth-order valence-electron chi connectivity index (χ4n) is 4.55. The Morgan fingerprint density at radius 1 is 0.912 bits per heavy atom. The molecule has 0 aliphatic carbocycles. The number of hydrogen-bond acceptors (Lipinski definition) is 4. The van der Waals surface area contributed by atoms with E-state index < -0.39 is 0 Å². The zero-order valence-corrected chi connectivity index (χ0v) is 20.0. The standard InChI is InChI=1S/C26H31ClN4O3/c27-20-8-10-21(11-9-20)28-24(32)17-22(18-30-14-3-4-15-30)29-26(34)19-6-12-23(13-7-19)31-16-2-1-5-25(31)33/h6-13,22H,1-5,14-18H2,(H,28,32)(H,29,34). The van der Waals surface area contributed by atoms with Crippen molar-refractivity contribution in [2.24, 2.45) is 0 Å². The van der Waals surface area contributed by atoms with Crippen LogP contribution in [-0.2, 0) is 9.59 Å². The van der Waals surface area contributed by atoms with Crippen LogP contribution in [0.25, 0.3) is 0 Å². The number of carbonyl (C=O) groups excluding carboxylic acids is 3. The number of carbonyl (C=O) groups is 3. The lowest BCUT2D eigenvalue weighted by Gasteiger charge is -2.27. The summed E-state index contributed by atoms with van der Waals surface area (Å²) in [5.41, 5.74) is 2.00. The lowest BCUT2D eigenvalue weighted by Crippen LogP contribution is -2.45. The summed E-state index contributed by atoms with van der Waals surface area (Å²) in [7, 11) is 0. The summed E-state index contributed by atoms with van der Waals surface area (Å²) in [6, 6.07) is 13.8. The smallest absolute Gasteiger partial charge is 0.251 e. The average Bonchev–Trinajstić information content (AvgIpc) is 3.34. The van der Waals surface area contributed by atoms with Gasteiger partial charge in [-0.2, -0.15) is 0 Å². The molecule has 0 aromatic heterocycles. The van der Waals surface area contributed by atoms with Crippen molar-refractivity contribution in [2.45, 2.75) is 44.6 Å². The third kappa shape index (κ3) is 6.58. The van der Waals surface area contributed by atoms with Crippen molar-refractivity contribution in [3.05, 3.63) is 59.1 Å². The quantitative estimate of drug-likeness (QED) is 0.594. The van der Waals surface area contributed by atoms with E-state index in [0.717, 1.165) is 44.5 Å². The van der Waals surface area contributed by atoms with Crippen LogP contribution in [0.4, 0.5) is 11.4 Å². The molecule has 2 fully saturated rings.